The van der Waals surface area contributed by atoms with E-state index < -0.39 is 0 Å². The highest BCUT2D eigenvalue weighted by Gasteiger charge is 2.32. The summed E-state index contributed by atoms with van der Waals surface area (Å²) in [6, 6.07) is 0.730. The van der Waals surface area contributed by atoms with Gasteiger partial charge in [-0.1, -0.05) is 20.3 Å². The monoisotopic (exact) mass is 353 g/mol. The van der Waals surface area contributed by atoms with Crippen molar-refractivity contribution >= 4 is 30.7 Å². The summed E-state index contributed by atoms with van der Waals surface area (Å²) in [5, 5.41) is 6.76. The van der Waals surface area contributed by atoms with Gasteiger partial charge in [-0.3, -0.25) is 9.69 Å². The number of halogens is 2. The zero-order chi connectivity index (χ0) is 14.5. The molecule has 0 spiro atoms. The fourth-order valence-corrected chi connectivity index (χ4v) is 3.60. The molecule has 3 atom stereocenters. The van der Waals surface area contributed by atoms with Crippen molar-refractivity contribution in [3.8, 4) is 0 Å². The van der Waals surface area contributed by atoms with E-state index in [1.165, 1.54) is 19.3 Å². The van der Waals surface area contributed by atoms with E-state index in [1.807, 2.05) is 0 Å². The first-order valence-electron chi connectivity index (χ1n) is 8.37. The van der Waals surface area contributed by atoms with Crippen LogP contribution in [0.5, 0.6) is 0 Å². The zero-order valence-electron chi connectivity index (χ0n) is 14.1. The van der Waals surface area contributed by atoms with Crippen LogP contribution in [0.2, 0.25) is 0 Å². The molecule has 2 aliphatic rings. The number of amides is 1. The van der Waals surface area contributed by atoms with Crippen LogP contribution in [0.3, 0.4) is 0 Å². The molecule has 2 saturated heterocycles. The Kier molecular flexibility index (Phi) is 10.7. The van der Waals surface area contributed by atoms with Crippen molar-refractivity contribution in [3.63, 3.8) is 0 Å². The Balaban J connectivity index is 0.00000220. The Morgan fingerprint density at radius 3 is 2.32 bits per heavy atom. The van der Waals surface area contributed by atoms with E-state index in [9.17, 15) is 4.79 Å². The zero-order valence-corrected chi connectivity index (χ0v) is 15.8. The van der Waals surface area contributed by atoms with Crippen LogP contribution in [0.25, 0.3) is 0 Å². The van der Waals surface area contributed by atoms with Crippen LogP contribution in [-0.2, 0) is 4.79 Å². The molecular formula is C16H33Cl2N3O. The summed E-state index contributed by atoms with van der Waals surface area (Å²) in [5.74, 6) is 0.613. The largest absolute Gasteiger partial charge is 0.350 e. The summed E-state index contributed by atoms with van der Waals surface area (Å²) in [6.45, 7) is 9.74. The summed E-state index contributed by atoms with van der Waals surface area (Å²) in [7, 11) is 0. The number of piperidine rings is 2. The standard InChI is InChI=1S/C16H31N3O.2ClH/c1-12(2)15(19-10-5-4-6-11-19)16(20)18-14-8-7-9-17-13(14)3;;/h12-15,17H,4-11H2,1-3H3,(H,18,20);2*1H. The lowest BCUT2D eigenvalue weighted by molar-refractivity contribution is -0.129. The molecule has 2 aliphatic heterocycles. The van der Waals surface area contributed by atoms with Crippen LogP contribution in [-0.4, -0.2) is 48.6 Å². The third-order valence-corrected chi connectivity index (χ3v) is 4.77. The molecule has 132 valence electrons. The molecule has 3 unspecified atom stereocenters. The van der Waals surface area contributed by atoms with E-state index >= 15 is 0 Å². The molecule has 2 fully saturated rings. The molecule has 2 heterocycles. The third-order valence-electron chi connectivity index (χ3n) is 4.77. The molecule has 0 radical (unpaired) electrons. The van der Waals surface area contributed by atoms with Gasteiger partial charge in [0.05, 0.1) is 6.04 Å². The molecule has 2 rings (SSSR count). The second-order valence-electron chi connectivity index (χ2n) is 6.79. The maximum atomic E-state index is 12.7. The molecule has 1 amide bonds. The van der Waals surface area contributed by atoms with Crippen LogP contribution in [0.4, 0.5) is 0 Å². The quantitative estimate of drug-likeness (QED) is 0.816. The second kappa shape index (κ2) is 10.7. The maximum Gasteiger partial charge on any atom is 0.237 e. The van der Waals surface area contributed by atoms with Gasteiger partial charge in [0, 0.05) is 12.1 Å². The maximum absolute atomic E-state index is 12.7. The van der Waals surface area contributed by atoms with Crippen molar-refractivity contribution in [3.05, 3.63) is 0 Å². The molecule has 0 bridgehead atoms. The predicted octanol–water partition coefficient (Wildman–Crippen LogP) is 2.60. The average Bonchev–Trinajstić information content (AvgIpc) is 2.42. The van der Waals surface area contributed by atoms with Crippen LogP contribution < -0.4 is 10.6 Å². The van der Waals surface area contributed by atoms with Gasteiger partial charge in [0.25, 0.3) is 0 Å². The number of hydrogen-bond acceptors (Lipinski definition) is 3. The molecule has 0 aromatic rings. The van der Waals surface area contributed by atoms with E-state index in [0.29, 0.717) is 18.0 Å². The number of carbonyl (C=O) groups excluding carboxylic acids is 1. The summed E-state index contributed by atoms with van der Waals surface area (Å²) < 4.78 is 0. The number of likely N-dealkylation sites (tertiary alicyclic amines) is 1. The first-order chi connectivity index (χ1) is 9.59. The lowest BCUT2D eigenvalue weighted by Gasteiger charge is -2.38. The Morgan fingerprint density at radius 1 is 1.14 bits per heavy atom. The van der Waals surface area contributed by atoms with E-state index in [2.05, 4.69) is 36.3 Å². The first-order valence-corrected chi connectivity index (χ1v) is 8.37. The van der Waals surface area contributed by atoms with Crippen molar-refractivity contribution in [2.45, 2.75) is 71.0 Å². The van der Waals surface area contributed by atoms with E-state index in [4.69, 9.17) is 0 Å². The van der Waals surface area contributed by atoms with Gasteiger partial charge >= 0.3 is 0 Å². The Bertz CT molecular complexity index is 323. The van der Waals surface area contributed by atoms with Gasteiger partial charge in [-0.15, -0.1) is 24.8 Å². The van der Waals surface area contributed by atoms with E-state index in [1.54, 1.807) is 0 Å². The third kappa shape index (κ3) is 5.88. The topological polar surface area (TPSA) is 44.4 Å². The van der Waals surface area contributed by atoms with Gasteiger partial charge in [-0.2, -0.15) is 0 Å². The Hall–Kier alpha value is -0.0300. The van der Waals surface area contributed by atoms with Gasteiger partial charge in [0.15, 0.2) is 0 Å². The predicted molar refractivity (Wildman–Crippen MR) is 97.2 cm³/mol. The summed E-state index contributed by atoms with van der Waals surface area (Å²) in [4.78, 5) is 15.1. The number of carbonyl (C=O) groups is 1. The molecule has 6 heteroatoms. The fourth-order valence-electron chi connectivity index (χ4n) is 3.60. The minimum Gasteiger partial charge on any atom is -0.350 e. The molecular weight excluding hydrogens is 321 g/mol. The lowest BCUT2D eigenvalue weighted by atomic mass is 9.95. The number of nitrogens with one attached hydrogen (secondary N) is 2. The molecule has 0 saturated carbocycles. The number of rotatable bonds is 4. The average molecular weight is 354 g/mol. The SMILES string of the molecule is CC(C)C(C(=O)NC1CCCNC1C)N1CCCCC1.Cl.Cl. The van der Waals surface area contributed by atoms with Crippen LogP contribution in [0.15, 0.2) is 0 Å². The van der Waals surface area contributed by atoms with E-state index in [0.717, 1.165) is 32.5 Å². The Labute approximate surface area is 148 Å². The van der Waals surface area contributed by atoms with Crippen molar-refractivity contribution in [1.29, 1.82) is 0 Å². The normalized spacial score (nSPS) is 27.5. The molecule has 0 aromatic heterocycles. The summed E-state index contributed by atoms with van der Waals surface area (Å²) >= 11 is 0. The molecule has 0 aliphatic carbocycles. The van der Waals surface area contributed by atoms with Gasteiger partial charge in [0.2, 0.25) is 5.91 Å². The van der Waals surface area contributed by atoms with Gasteiger partial charge in [-0.05, 0) is 58.2 Å². The highest BCUT2D eigenvalue weighted by Crippen LogP contribution is 2.19. The van der Waals surface area contributed by atoms with Crippen molar-refractivity contribution in [2.24, 2.45) is 5.92 Å². The summed E-state index contributed by atoms with van der Waals surface area (Å²) in [5.41, 5.74) is 0. The summed E-state index contributed by atoms with van der Waals surface area (Å²) in [6.07, 6.45) is 6.04. The highest BCUT2D eigenvalue weighted by molar-refractivity contribution is 5.85. The lowest BCUT2D eigenvalue weighted by Crippen LogP contribution is -2.58. The van der Waals surface area contributed by atoms with Gasteiger partial charge < -0.3 is 10.6 Å². The fraction of sp³-hybridized carbons (Fsp3) is 0.938. The molecule has 22 heavy (non-hydrogen) atoms. The first kappa shape index (κ1) is 22.0. The minimum absolute atomic E-state index is 0. The van der Waals surface area contributed by atoms with Crippen LogP contribution in [0.1, 0.15) is 52.9 Å². The molecule has 2 N–H and O–H groups in total. The second-order valence-corrected chi connectivity index (χ2v) is 6.79. The van der Waals surface area contributed by atoms with Crippen molar-refractivity contribution < 1.29 is 4.79 Å². The number of nitrogens with zero attached hydrogens (tertiary/aromatic N) is 1. The van der Waals surface area contributed by atoms with Crippen molar-refractivity contribution in [2.75, 3.05) is 19.6 Å². The van der Waals surface area contributed by atoms with Gasteiger partial charge in [0.1, 0.15) is 0 Å². The van der Waals surface area contributed by atoms with E-state index in [-0.39, 0.29) is 36.8 Å². The van der Waals surface area contributed by atoms with Crippen LogP contribution >= 0.6 is 24.8 Å². The molecule has 0 aromatic carbocycles. The van der Waals surface area contributed by atoms with Crippen LogP contribution in [0, 0.1) is 5.92 Å². The van der Waals surface area contributed by atoms with Crippen molar-refractivity contribution in [1.82, 2.24) is 15.5 Å². The highest BCUT2D eigenvalue weighted by atomic mass is 35.5. The molecule has 4 nitrogen and oxygen atoms in total. The minimum atomic E-state index is 0. The van der Waals surface area contributed by atoms with Gasteiger partial charge in [-0.25, -0.2) is 0 Å². The number of hydrogen-bond donors (Lipinski definition) is 2. The smallest absolute Gasteiger partial charge is 0.237 e. The Morgan fingerprint density at radius 2 is 1.77 bits per heavy atom.